The highest BCUT2D eigenvalue weighted by molar-refractivity contribution is 7.20. The van der Waals surface area contributed by atoms with Crippen molar-refractivity contribution in [1.29, 1.82) is 0 Å². The summed E-state index contributed by atoms with van der Waals surface area (Å²) in [7, 11) is 4.82. The minimum absolute atomic E-state index is 0.129. The number of rotatable bonds is 6. The van der Waals surface area contributed by atoms with Crippen molar-refractivity contribution in [2.75, 3.05) is 21.3 Å². The summed E-state index contributed by atoms with van der Waals surface area (Å²) in [5.74, 6) is 0.503. The Balaban J connectivity index is 1.94. The molecule has 142 valence electrons. The van der Waals surface area contributed by atoms with Gasteiger partial charge in [-0.05, 0) is 30.2 Å². The van der Waals surface area contributed by atoms with Gasteiger partial charge in [0, 0.05) is 20.7 Å². The van der Waals surface area contributed by atoms with Crippen LogP contribution in [0.3, 0.4) is 0 Å². The average molecular weight is 389 g/mol. The Kier molecular flexibility index (Phi) is 5.67. The van der Waals surface area contributed by atoms with Gasteiger partial charge in [-0.25, -0.2) is 9.37 Å². The van der Waals surface area contributed by atoms with Gasteiger partial charge in [-0.2, -0.15) is 4.98 Å². The van der Waals surface area contributed by atoms with E-state index < -0.39 is 0 Å². The number of benzene rings is 1. The number of halogens is 1. The van der Waals surface area contributed by atoms with E-state index in [-0.39, 0.29) is 18.3 Å². The Morgan fingerprint density at radius 3 is 2.56 bits per heavy atom. The Morgan fingerprint density at radius 1 is 1.22 bits per heavy atom. The van der Waals surface area contributed by atoms with Gasteiger partial charge in [-0.15, -0.1) is 11.3 Å². The number of aryl methyl sites for hydroxylation is 1. The van der Waals surface area contributed by atoms with Crippen molar-refractivity contribution < 1.29 is 18.7 Å². The second-order valence-electron chi connectivity index (χ2n) is 6.11. The number of carbonyl (C=O) groups excluding carboxylic acids is 1. The molecule has 0 saturated carbocycles. The lowest BCUT2D eigenvalue weighted by Crippen LogP contribution is -2.25. The third-order valence-corrected chi connectivity index (χ3v) is 5.32. The summed E-state index contributed by atoms with van der Waals surface area (Å²) >= 11 is 1.31. The minimum Gasteiger partial charge on any atom is -0.480 e. The van der Waals surface area contributed by atoms with Gasteiger partial charge in [0.25, 0.3) is 5.91 Å². The first-order chi connectivity index (χ1) is 12.9. The van der Waals surface area contributed by atoms with Crippen LogP contribution in [-0.2, 0) is 17.9 Å². The number of nitrogens with zero attached hydrogens (tertiary/aromatic N) is 3. The predicted molar refractivity (Wildman–Crippen MR) is 102 cm³/mol. The van der Waals surface area contributed by atoms with Crippen LogP contribution in [0.5, 0.6) is 5.88 Å². The molecule has 27 heavy (non-hydrogen) atoms. The molecule has 1 amide bonds. The third-order valence-electron chi connectivity index (χ3n) is 4.14. The molecule has 1 aromatic carbocycles. The molecule has 0 aliphatic carbocycles. The lowest BCUT2D eigenvalue weighted by molar-refractivity contribution is 0.0789. The van der Waals surface area contributed by atoms with Crippen LogP contribution in [0, 0.1) is 12.7 Å². The van der Waals surface area contributed by atoms with Gasteiger partial charge in [0.05, 0.1) is 17.4 Å². The van der Waals surface area contributed by atoms with Crippen LogP contribution >= 0.6 is 11.3 Å². The van der Waals surface area contributed by atoms with Gasteiger partial charge >= 0.3 is 0 Å². The van der Waals surface area contributed by atoms with Crippen molar-refractivity contribution >= 4 is 27.5 Å². The van der Waals surface area contributed by atoms with Crippen molar-refractivity contribution in [2.24, 2.45) is 0 Å². The van der Waals surface area contributed by atoms with Gasteiger partial charge in [-0.3, -0.25) is 4.79 Å². The number of aromatic nitrogens is 2. The number of hydrogen-bond acceptors (Lipinski definition) is 6. The fourth-order valence-electron chi connectivity index (χ4n) is 2.80. The standard InChI is InChI=1S/C19H20FN3O3S/c1-11-15-17(26-4)21-14(10-25-3)22-18(15)27-16(11)19(24)23(2)9-12-5-7-13(20)8-6-12/h5-8H,9-10H2,1-4H3. The molecule has 0 bridgehead atoms. The number of hydrogen-bond donors (Lipinski definition) is 0. The maximum absolute atomic E-state index is 13.1. The summed E-state index contributed by atoms with van der Waals surface area (Å²) in [6.07, 6.45) is 0. The molecule has 0 aliphatic rings. The topological polar surface area (TPSA) is 64.6 Å². The highest BCUT2D eigenvalue weighted by atomic mass is 32.1. The molecule has 0 aliphatic heterocycles. The molecule has 2 aromatic heterocycles. The molecular formula is C19H20FN3O3S. The second kappa shape index (κ2) is 7.98. The summed E-state index contributed by atoms with van der Waals surface area (Å²) in [5.41, 5.74) is 1.64. The first-order valence-electron chi connectivity index (χ1n) is 8.27. The summed E-state index contributed by atoms with van der Waals surface area (Å²) in [6.45, 7) is 2.50. The van der Waals surface area contributed by atoms with Crippen LogP contribution in [-0.4, -0.2) is 42.0 Å². The molecule has 0 atom stereocenters. The SMILES string of the molecule is COCc1nc(OC)c2c(C)c(C(=O)N(C)Cc3ccc(F)cc3)sc2n1. The van der Waals surface area contributed by atoms with Crippen LogP contribution in [0.1, 0.15) is 26.6 Å². The molecule has 3 aromatic rings. The van der Waals surface area contributed by atoms with Gasteiger partial charge in [-0.1, -0.05) is 12.1 Å². The zero-order valence-corrected chi connectivity index (χ0v) is 16.4. The quantitative estimate of drug-likeness (QED) is 0.645. The maximum atomic E-state index is 13.1. The third kappa shape index (κ3) is 3.91. The zero-order valence-electron chi connectivity index (χ0n) is 15.6. The highest BCUT2D eigenvalue weighted by Gasteiger charge is 2.23. The van der Waals surface area contributed by atoms with E-state index in [4.69, 9.17) is 9.47 Å². The minimum atomic E-state index is -0.300. The Morgan fingerprint density at radius 2 is 1.93 bits per heavy atom. The Bertz CT molecular complexity index is 972. The lowest BCUT2D eigenvalue weighted by atomic mass is 10.1. The molecule has 2 heterocycles. The smallest absolute Gasteiger partial charge is 0.264 e. The molecule has 0 saturated heterocycles. The van der Waals surface area contributed by atoms with Gasteiger partial charge in [0.15, 0.2) is 5.82 Å². The molecule has 0 fully saturated rings. The van der Waals surface area contributed by atoms with E-state index in [0.29, 0.717) is 28.0 Å². The van der Waals surface area contributed by atoms with E-state index in [9.17, 15) is 9.18 Å². The predicted octanol–water partition coefficient (Wildman–Crippen LogP) is 3.57. The number of thiophene rings is 1. The van der Waals surface area contributed by atoms with E-state index in [2.05, 4.69) is 9.97 Å². The molecule has 0 radical (unpaired) electrons. The summed E-state index contributed by atoms with van der Waals surface area (Å²) in [4.78, 5) is 24.7. The van der Waals surface area contributed by atoms with Crippen molar-refractivity contribution in [3.05, 3.63) is 51.9 Å². The molecular weight excluding hydrogens is 369 g/mol. The lowest BCUT2D eigenvalue weighted by Gasteiger charge is -2.17. The second-order valence-corrected chi connectivity index (χ2v) is 7.11. The summed E-state index contributed by atoms with van der Waals surface area (Å²) < 4.78 is 23.6. The van der Waals surface area contributed by atoms with Crippen LogP contribution in [0.4, 0.5) is 4.39 Å². The monoisotopic (exact) mass is 389 g/mol. The zero-order chi connectivity index (χ0) is 19.6. The fourth-order valence-corrected chi connectivity index (χ4v) is 3.98. The molecule has 6 nitrogen and oxygen atoms in total. The van der Waals surface area contributed by atoms with Crippen LogP contribution in [0.2, 0.25) is 0 Å². The average Bonchev–Trinajstić information content (AvgIpc) is 2.99. The van der Waals surface area contributed by atoms with Crippen molar-refractivity contribution in [3.8, 4) is 5.88 Å². The van der Waals surface area contributed by atoms with Gasteiger partial charge < -0.3 is 14.4 Å². The Hall–Kier alpha value is -2.58. The van der Waals surface area contributed by atoms with E-state index in [1.165, 1.54) is 30.6 Å². The van der Waals surface area contributed by atoms with E-state index >= 15 is 0 Å². The Labute approximate surface area is 160 Å². The van der Waals surface area contributed by atoms with Gasteiger partial charge in [0.2, 0.25) is 5.88 Å². The molecule has 0 spiro atoms. The largest absolute Gasteiger partial charge is 0.480 e. The molecule has 0 unspecified atom stereocenters. The van der Waals surface area contributed by atoms with E-state index in [0.717, 1.165) is 16.5 Å². The molecule has 0 N–H and O–H groups in total. The maximum Gasteiger partial charge on any atom is 0.264 e. The summed E-state index contributed by atoms with van der Waals surface area (Å²) in [6, 6.07) is 6.11. The first kappa shape index (κ1) is 19.2. The van der Waals surface area contributed by atoms with Crippen LogP contribution in [0.25, 0.3) is 10.2 Å². The number of amides is 1. The number of methoxy groups -OCH3 is 2. The first-order valence-corrected chi connectivity index (χ1v) is 9.09. The van der Waals surface area contributed by atoms with E-state index in [1.807, 2.05) is 6.92 Å². The van der Waals surface area contributed by atoms with Crippen LogP contribution < -0.4 is 4.74 Å². The fraction of sp³-hybridized carbons (Fsp3) is 0.316. The molecule has 8 heteroatoms. The van der Waals surface area contributed by atoms with Crippen molar-refractivity contribution in [3.63, 3.8) is 0 Å². The highest BCUT2D eigenvalue weighted by Crippen LogP contribution is 2.35. The summed E-state index contributed by atoms with van der Waals surface area (Å²) in [5, 5.41) is 0.737. The number of ether oxygens (including phenoxy) is 2. The van der Waals surface area contributed by atoms with Crippen molar-refractivity contribution in [1.82, 2.24) is 14.9 Å². The molecule has 3 rings (SSSR count). The number of fused-ring (bicyclic) bond motifs is 1. The van der Waals surface area contributed by atoms with E-state index in [1.54, 1.807) is 31.2 Å². The number of carbonyl (C=O) groups is 1. The van der Waals surface area contributed by atoms with Crippen LogP contribution in [0.15, 0.2) is 24.3 Å². The van der Waals surface area contributed by atoms with Crippen molar-refractivity contribution in [2.45, 2.75) is 20.1 Å². The normalized spacial score (nSPS) is 11.0. The van der Waals surface area contributed by atoms with Gasteiger partial charge in [0.1, 0.15) is 17.3 Å².